The van der Waals surface area contributed by atoms with E-state index in [9.17, 15) is 9.18 Å². The van der Waals surface area contributed by atoms with E-state index in [-0.39, 0.29) is 4.88 Å². The molecule has 0 aliphatic heterocycles. The van der Waals surface area contributed by atoms with Gasteiger partial charge >= 0.3 is 5.97 Å². The molecule has 0 aromatic carbocycles. The fraction of sp³-hybridized carbons (Fsp3) is 0.375. The van der Waals surface area contributed by atoms with Crippen LogP contribution in [0.1, 0.15) is 27.9 Å². The van der Waals surface area contributed by atoms with E-state index in [1.165, 1.54) is 6.07 Å². The van der Waals surface area contributed by atoms with Gasteiger partial charge in [-0.1, -0.05) is 13.3 Å². The summed E-state index contributed by atoms with van der Waals surface area (Å²) in [5.41, 5.74) is 0. The zero-order valence-electron chi connectivity index (χ0n) is 6.63. The van der Waals surface area contributed by atoms with E-state index in [2.05, 4.69) is 0 Å². The molecule has 0 saturated heterocycles. The monoisotopic (exact) mass is 188 g/mol. The number of carboxylic acid groups (broad SMARTS) is 1. The highest BCUT2D eigenvalue weighted by Crippen LogP contribution is 2.22. The van der Waals surface area contributed by atoms with E-state index in [0.29, 0.717) is 0 Å². The summed E-state index contributed by atoms with van der Waals surface area (Å²) < 4.78 is 12.8. The molecule has 0 radical (unpaired) electrons. The topological polar surface area (TPSA) is 37.3 Å². The Bertz CT molecular complexity index is 293. The zero-order valence-corrected chi connectivity index (χ0v) is 7.45. The standard InChI is InChI=1S/C8H9FO2S/c1-2-3-5-4-6(9)7(12-5)8(10)11/h4H,2-3H2,1H3,(H,10,11). The molecule has 0 bridgehead atoms. The van der Waals surface area contributed by atoms with Gasteiger partial charge in [0.2, 0.25) is 0 Å². The van der Waals surface area contributed by atoms with Crippen LogP contribution < -0.4 is 0 Å². The Morgan fingerprint density at radius 2 is 2.42 bits per heavy atom. The average molecular weight is 188 g/mol. The first-order chi connectivity index (χ1) is 5.65. The van der Waals surface area contributed by atoms with Crippen LogP contribution in [0.15, 0.2) is 6.07 Å². The molecule has 12 heavy (non-hydrogen) atoms. The number of halogens is 1. The molecular weight excluding hydrogens is 179 g/mol. The maximum absolute atomic E-state index is 12.8. The number of thiophene rings is 1. The largest absolute Gasteiger partial charge is 0.477 e. The Balaban J connectivity index is 2.92. The lowest BCUT2D eigenvalue weighted by atomic mass is 10.3. The molecular formula is C8H9FO2S. The lowest BCUT2D eigenvalue weighted by Gasteiger charge is -1.87. The van der Waals surface area contributed by atoms with Crippen molar-refractivity contribution in [2.24, 2.45) is 0 Å². The maximum atomic E-state index is 12.8. The normalized spacial score (nSPS) is 10.2. The zero-order chi connectivity index (χ0) is 9.14. The van der Waals surface area contributed by atoms with Crippen LogP contribution in [0, 0.1) is 5.82 Å². The number of hydrogen-bond acceptors (Lipinski definition) is 2. The van der Waals surface area contributed by atoms with Crippen molar-refractivity contribution >= 4 is 17.3 Å². The number of hydrogen-bond donors (Lipinski definition) is 1. The minimum Gasteiger partial charge on any atom is -0.477 e. The van der Waals surface area contributed by atoms with Gasteiger partial charge < -0.3 is 5.11 Å². The summed E-state index contributed by atoms with van der Waals surface area (Å²) in [5, 5.41) is 8.52. The number of rotatable bonds is 3. The fourth-order valence-electron chi connectivity index (χ4n) is 0.932. The molecule has 0 amide bonds. The Hall–Kier alpha value is -0.900. The van der Waals surface area contributed by atoms with Crippen molar-refractivity contribution in [3.63, 3.8) is 0 Å². The highest BCUT2D eigenvalue weighted by molar-refractivity contribution is 7.13. The van der Waals surface area contributed by atoms with E-state index in [1.54, 1.807) is 0 Å². The Kier molecular flexibility index (Phi) is 2.81. The van der Waals surface area contributed by atoms with Gasteiger partial charge in [0.05, 0.1) is 0 Å². The van der Waals surface area contributed by atoms with Gasteiger partial charge in [-0.05, 0) is 12.5 Å². The van der Waals surface area contributed by atoms with Crippen molar-refractivity contribution in [1.82, 2.24) is 0 Å². The van der Waals surface area contributed by atoms with Crippen molar-refractivity contribution in [2.75, 3.05) is 0 Å². The number of carboxylic acids is 1. The molecule has 0 saturated carbocycles. The smallest absolute Gasteiger partial charge is 0.348 e. The van der Waals surface area contributed by atoms with Gasteiger partial charge in [-0.15, -0.1) is 11.3 Å². The predicted octanol–water partition coefficient (Wildman–Crippen LogP) is 2.54. The third-order valence-electron chi connectivity index (χ3n) is 1.43. The van der Waals surface area contributed by atoms with Gasteiger partial charge in [0, 0.05) is 4.88 Å². The first-order valence-corrected chi connectivity index (χ1v) is 4.48. The van der Waals surface area contributed by atoms with Crippen molar-refractivity contribution in [2.45, 2.75) is 19.8 Å². The second kappa shape index (κ2) is 3.67. The number of carbonyl (C=O) groups is 1. The molecule has 1 N–H and O–H groups in total. The average Bonchev–Trinajstić information content (AvgIpc) is 2.32. The van der Waals surface area contributed by atoms with Gasteiger partial charge in [-0.25, -0.2) is 9.18 Å². The summed E-state index contributed by atoms with van der Waals surface area (Å²) in [6, 6.07) is 1.30. The molecule has 1 heterocycles. The van der Waals surface area contributed by atoms with E-state index >= 15 is 0 Å². The SMILES string of the molecule is CCCc1cc(F)c(C(=O)O)s1. The van der Waals surface area contributed by atoms with Crippen LogP contribution in [0.5, 0.6) is 0 Å². The summed E-state index contributed by atoms with van der Waals surface area (Å²) >= 11 is 1.02. The summed E-state index contributed by atoms with van der Waals surface area (Å²) in [4.78, 5) is 11.0. The summed E-state index contributed by atoms with van der Waals surface area (Å²) in [6.45, 7) is 1.97. The van der Waals surface area contributed by atoms with E-state index in [0.717, 1.165) is 29.1 Å². The first-order valence-electron chi connectivity index (χ1n) is 3.66. The molecule has 0 aliphatic rings. The van der Waals surface area contributed by atoms with Crippen LogP contribution >= 0.6 is 11.3 Å². The van der Waals surface area contributed by atoms with Gasteiger partial charge in [-0.3, -0.25) is 0 Å². The molecule has 1 aromatic heterocycles. The van der Waals surface area contributed by atoms with E-state index in [1.807, 2.05) is 6.92 Å². The highest BCUT2D eigenvalue weighted by atomic mass is 32.1. The predicted molar refractivity (Wildman–Crippen MR) is 45.2 cm³/mol. The van der Waals surface area contributed by atoms with Crippen LogP contribution in [0.3, 0.4) is 0 Å². The van der Waals surface area contributed by atoms with Crippen molar-refractivity contribution in [3.05, 3.63) is 21.6 Å². The van der Waals surface area contributed by atoms with Crippen LogP contribution in [0.4, 0.5) is 4.39 Å². The molecule has 0 atom stereocenters. The molecule has 0 unspecified atom stereocenters. The molecule has 0 aliphatic carbocycles. The second-order valence-electron chi connectivity index (χ2n) is 2.44. The third kappa shape index (κ3) is 1.82. The van der Waals surface area contributed by atoms with Gasteiger partial charge in [-0.2, -0.15) is 0 Å². The molecule has 66 valence electrons. The van der Waals surface area contributed by atoms with E-state index in [4.69, 9.17) is 5.11 Å². The lowest BCUT2D eigenvalue weighted by Crippen LogP contribution is -1.93. The van der Waals surface area contributed by atoms with Crippen molar-refractivity contribution in [1.29, 1.82) is 0 Å². The number of aryl methyl sites for hydroxylation is 1. The van der Waals surface area contributed by atoms with Crippen molar-refractivity contribution < 1.29 is 14.3 Å². The van der Waals surface area contributed by atoms with Crippen LogP contribution in [0.25, 0.3) is 0 Å². The molecule has 0 spiro atoms. The van der Waals surface area contributed by atoms with E-state index < -0.39 is 11.8 Å². The minimum atomic E-state index is -1.18. The molecule has 1 aromatic rings. The Labute approximate surface area is 73.7 Å². The minimum absolute atomic E-state index is 0.182. The maximum Gasteiger partial charge on any atom is 0.348 e. The fourth-order valence-corrected chi connectivity index (χ4v) is 1.91. The van der Waals surface area contributed by atoms with Crippen LogP contribution in [-0.4, -0.2) is 11.1 Å². The van der Waals surface area contributed by atoms with Crippen LogP contribution in [-0.2, 0) is 6.42 Å². The van der Waals surface area contributed by atoms with Gasteiger partial charge in [0.1, 0.15) is 10.7 Å². The van der Waals surface area contributed by atoms with Crippen LogP contribution in [0.2, 0.25) is 0 Å². The molecule has 0 fully saturated rings. The van der Waals surface area contributed by atoms with Gasteiger partial charge in [0.15, 0.2) is 0 Å². The van der Waals surface area contributed by atoms with Gasteiger partial charge in [0.25, 0.3) is 0 Å². The lowest BCUT2D eigenvalue weighted by molar-refractivity contribution is 0.0698. The summed E-state index contributed by atoms with van der Waals surface area (Å²) in [5.74, 6) is -1.80. The molecule has 4 heteroatoms. The summed E-state index contributed by atoms with van der Waals surface area (Å²) in [7, 11) is 0. The Morgan fingerprint density at radius 1 is 1.75 bits per heavy atom. The number of aromatic carboxylic acids is 1. The molecule has 1 rings (SSSR count). The molecule has 2 nitrogen and oxygen atoms in total. The Morgan fingerprint density at radius 3 is 2.83 bits per heavy atom. The second-order valence-corrected chi connectivity index (χ2v) is 3.58. The first kappa shape index (κ1) is 9.19. The third-order valence-corrected chi connectivity index (χ3v) is 2.59. The van der Waals surface area contributed by atoms with Crippen molar-refractivity contribution in [3.8, 4) is 0 Å². The highest BCUT2D eigenvalue weighted by Gasteiger charge is 2.14. The quantitative estimate of drug-likeness (QED) is 0.791. The summed E-state index contributed by atoms with van der Waals surface area (Å²) in [6.07, 6.45) is 1.65.